The van der Waals surface area contributed by atoms with Gasteiger partial charge in [-0.2, -0.15) is 5.10 Å². The lowest BCUT2D eigenvalue weighted by Crippen LogP contribution is -2.31. The topological polar surface area (TPSA) is 67.5 Å². The predicted octanol–water partition coefficient (Wildman–Crippen LogP) is 5.55. The van der Waals surface area contributed by atoms with Crippen LogP contribution in [0.1, 0.15) is 45.2 Å². The standard InChI is InChI=1S/C29H29N3O3/c1-20-9-11-22(12-10-20)26-25-27(31-30-26)29(33)32(17-6-18-34-2)28(25)23-13-15-24(16-14-23)35-19-21-7-4-3-5-8-21/h3-5,7-16,28H,6,17-19H2,1-2H3,(H,30,31). The van der Waals surface area contributed by atoms with Crippen molar-refractivity contribution < 1.29 is 14.3 Å². The molecule has 1 amide bonds. The summed E-state index contributed by atoms with van der Waals surface area (Å²) >= 11 is 0. The van der Waals surface area contributed by atoms with Crippen molar-refractivity contribution >= 4 is 5.91 Å². The Balaban J connectivity index is 1.46. The molecule has 178 valence electrons. The number of aromatic amines is 1. The number of carbonyl (C=O) groups excluding carboxylic acids is 1. The first-order chi connectivity index (χ1) is 17.2. The number of hydrogen-bond donors (Lipinski definition) is 1. The molecule has 5 rings (SSSR count). The zero-order chi connectivity index (χ0) is 24.2. The van der Waals surface area contributed by atoms with Gasteiger partial charge in [-0.1, -0.05) is 72.3 Å². The van der Waals surface area contributed by atoms with Crippen LogP contribution in [-0.4, -0.2) is 41.3 Å². The second kappa shape index (κ2) is 10.2. The number of hydrogen-bond acceptors (Lipinski definition) is 4. The number of nitrogens with one attached hydrogen (secondary N) is 1. The molecule has 4 aromatic rings. The molecular formula is C29H29N3O3. The van der Waals surface area contributed by atoms with Crippen LogP contribution < -0.4 is 4.74 Å². The van der Waals surface area contributed by atoms with E-state index in [4.69, 9.17) is 9.47 Å². The van der Waals surface area contributed by atoms with E-state index in [2.05, 4.69) is 41.4 Å². The molecule has 1 atom stereocenters. The number of aromatic nitrogens is 2. The van der Waals surface area contributed by atoms with Crippen molar-refractivity contribution in [2.45, 2.75) is 26.0 Å². The minimum Gasteiger partial charge on any atom is -0.489 e. The average molecular weight is 468 g/mol. The molecule has 0 saturated heterocycles. The quantitative estimate of drug-likeness (QED) is 0.328. The maximum atomic E-state index is 13.4. The van der Waals surface area contributed by atoms with Crippen molar-refractivity contribution in [3.05, 3.63) is 107 Å². The van der Waals surface area contributed by atoms with Gasteiger partial charge in [0.15, 0.2) is 0 Å². The fraction of sp³-hybridized carbons (Fsp3) is 0.241. The summed E-state index contributed by atoms with van der Waals surface area (Å²) < 4.78 is 11.2. The summed E-state index contributed by atoms with van der Waals surface area (Å²) in [5.41, 5.74) is 6.62. The van der Waals surface area contributed by atoms with Gasteiger partial charge in [0, 0.05) is 31.4 Å². The number of rotatable bonds is 9. The van der Waals surface area contributed by atoms with Gasteiger partial charge in [-0.25, -0.2) is 0 Å². The highest BCUT2D eigenvalue weighted by molar-refractivity contribution is 6.00. The SMILES string of the molecule is COCCCN1C(=O)c2[nH]nc(-c3ccc(C)cc3)c2C1c1ccc(OCc2ccccc2)cc1. The number of aryl methyl sites for hydroxylation is 1. The number of ether oxygens (including phenoxy) is 2. The fourth-order valence-electron chi connectivity index (χ4n) is 4.57. The molecule has 6 heteroatoms. The van der Waals surface area contributed by atoms with Gasteiger partial charge in [-0.15, -0.1) is 0 Å². The zero-order valence-corrected chi connectivity index (χ0v) is 20.0. The molecule has 35 heavy (non-hydrogen) atoms. The van der Waals surface area contributed by atoms with E-state index in [1.54, 1.807) is 7.11 Å². The fourth-order valence-corrected chi connectivity index (χ4v) is 4.57. The lowest BCUT2D eigenvalue weighted by atomic mass is 9.95. The summed E-state index contributed by atoms with van der Waals surface area (Å²) in [4.78, 5) is 15.3. The summed E-state index contributed by atoms with van der Waals surface area (Å²) in [6.45, 7) is 3.76. The first kappa shape index (κ1) is 22.9. The third-order valence-electron chi connectivity index (χ3n) is 6.38. The third kappa shape index (κ3) is 4.70. The Bertz CT molecular complexity index is 1280. The van der Waals surface area contributed by atoms with Gasteiger partial charge in [0.1, 0.15) is 18.1 Å². The summed E-state index contributed by atoms with van der Waals surface area (Å²) in [6.07, 6.45) is 0.759. The number of nitrogens with zero attached hydrogens (tertiary/aromatic N) is 2. The molecule has 1 aromatic heterocycles. The van der Waals surface area contributed by atoms with Gasteiger partial charge >= 0.3 is 0 Å². The van der Waals surface area contributed by atoms with Crippen LogP contribution >= 0.6 is 0 Å². The Kier molecular flexibility index (Phi) is 6.64. The van der Waals surface area contributed by atoms with Crippen LogP contribution in [0.3, 0.4) is 0 Å². The van der Waals surface area contributed by atoms with Crippen LogP contribution in [-0.2, 0) is 11.3 Å². The van der Waals surface area contributed by atoms with Gasteiger partial charge in [0.25, 0.3) is 5.91 Å². The minimum atomic E-state index is -0.229. The Hall–Kier alpha value is -3.90. The molecule has 0 radical (unpaired) electrons. The Labute approximate surface area is 205 Å². The van der Waals surface area contributed by atoms with E-state index in [0.29, 0.717) is 25.5 Å². The van der Waals surface area contributed by atoms with Crippen LogP contribution in [0.2, 0.25) is 0 Å². The highest BCUT2D eigenvalue weighted by Gasteiger charge is 2.41. The summed E-state index contributed by atoms with van der Waals surface area (Å²) in [5.74, 6) is 0.760. The van der Waals surface area contributed by atoms with Crippen LogP contribution in [0.5, 0.6) is 5.75 Å². The van der Waals surface area contributed by atoms with Gasteiger partial charge < -0.3 is 14.4 Å². The van der Waals surface area contributed by atoms with Crippen molar-refractivity contribution in [2.75, 3.05) is 20.3 Å². The Morgan fingerprint density at radius 3 is 2.43 bits per heavy atom. The molecule has 3 aromatic carbocycles. The van der Waals surface area contributed by atoms with E-state index in [1.165, 1.54) is 5.56 Å². The van der Waals surface area contributed by atoms with Crippen LogP contribution in [0.15, 0.2) is 78.9 Å². The van der Waals surface area contributed by atoms with Crippen LogP contribution in [0.25, 0.3) is 11.3 Å². The normalized spacial score (nSPS) is 14.9. The van der Waals surface area contributed by atoms with E-state index < -0.39 is 0 Å². The zero-order valence-electron chi connectivity index (χ0n) is 20.0. The largest absolute Gasteiger partial charge is 0.489 e. The second-order valence-electron chi connectivity index (χ2n) is 8.82. The molecule has 1 unspecified atom stereocenters. The van der Waals surface area contributed by atoms with Crippen molar-refractivity contribution in [3.63, 3.8) is 0 Å². The molecule has 0 fully saturated rings. The molecule has 0 bridgehead atoms. The number of carbonyl (C=O) groups is 1. The third-order valence-corrected chi connectivity index (χ3v) is 6.38. The van der Waals surface area contributed by atoms with E-state index in [9.17, 15) is 4.79 Å². The van der Waals surface area contributed by atoms with Crippen molar-refractivity contribution in [1.29, 1.82) is 0 Å². The number of amides is 1. The molecular weight excluding hydrogens is 438 g/mol. The molecule has 0 saturated carbocycles. The van der Waals surface area contributed by atoms with E-state index in [0.717, 1.165) is 40.1 Å². The molecule has 1 aliphatic heterocycles. The average Bonchev–Trinajstić information content (AvgIpc) is 3.43. The van der Waals surface area contributed by atoms with Crippen molar-refractivity contribution in [3.8, 4) is 17.0 Å². The Morgan fingerprint density at radius 1 is 0.971 bits per heavy atom. The maximum absolute atomic E-state index is 13.4. The Morgan fingerprint density at radius 2 is 1.71 bits per heavy atom. The van der Waals surface area contributed by atoms with Crippen LogP contribution in [0.4, 0.5) is 0 Å². The first-order valence-electron chi connectivity index (χ1n) is 11.9. The van der Waals surface area contributed by atoms with Crippen molar-refractivity contribution in [2.24, 2.45) is 0 Å². The molecule has 0 spiro atoms. The van der Waals surface area contributed by atoms with Crippen LogP contribution in [0, 0.1) is 6.92 Å². The molecule has 6 nitrogen and oxygen atoms in total. The van der Waals surface area contributed by atoms with E-state index >= 15 is 0 Å². The highest BCUT2D eigenvalue weighted by Crippen LogP contribution is 2.43. The first-order valence-corrected chi connectivity index (χ1v) is 11.9. The molecule has 0 aliphatic carbocycles. The second-order valence-corrected chi connectivity index (χ2v) is 8.82. The molecule has 2 heterocycles. The monoisotopic (exact) mass is 467 g/mol. The summed E-state index contributed by atoms with van der Waals surface area (Å²) in [5, 5.41) is 7.58. The lowest BCUT2D eigenvalue weighted by Gasteiger charge is -2.26. The van der Waals surface area contributed by atoms with Gasteiger partial charge in [0.05, 0.1) is 11.7 Å². The number of H-pyrrole nitrogens is 1. The maximum Gasteiger partial charge on any atom is 0.273 e. The number of benzene rings is 3. The lowest BCUT2D eigenvalue weighted by molar-refractivity contribution is 0.0723. The summed E-state index contributed by atoms with van der Waals surface area (Å²) in [6, 6.07) is 26.1. The molecule has 1 aliphatic rings. The van der Waals surface area contributed by atoms with E-state index in [1.807, 2.05) is 59.5 Å². The number of methoxy groups -OCH3 is 1. The van der Waals surface area contributed by atoms with E-state index in [-0.39, 0.29) is 11.9 Å². The van der Waals surface area contributed by atoms with Gasteiger partial charge in [-0.3, -0.25) is 9.89 Å². The smallest absolute Gasteiger partial charge is 0.273 e. The summed E-state index contributed by atoms with van der Waals surface area (Å²) in [7, 11) is 1.68. The van der Waals surface area contributed by atoms with Crippen molar-refractivity contribution in [1.82, 2.24) is 15.1 Å². The predicted molar refractivity (Wildman–Crippen MR) is 135 cm³/mol. The number of fused-ring (bicyclic) bond motifs is 1. The van der Waals surface area contributed by atoms with Gasteiger partial charge in [0.2, 0.25) is 0 Å². The minimum absolute atomic E-state index is 0.0311. The van der Waals surface area contributed by atoms with Gasteiger partial charge in [-0.05, 0) is 36.6 Å². The molecule has 1 N–H and O–H groups in total. The highest BCUT2D eigenvalue weighted by atomic mass is 16.5.